The number of carbonyl (C=O) groups is 3. The van der Waals surface area contributed by atoms with Crippen LogP contribution in [0.3, 0.4) is 0 Å². The molecule has 0 N–H and O–H groups in total. The minimum absolute atomic E-state index is 0.188. The van der Waals surface area contributed by atoms with Crippen molar-refractivity contribution in [1.29, 1.82) is 0 Å². The van der Waals surface area contributed by atoms with Gasteiger partial charge in [-0.2, -0.15) is 4.89 Å². The Bertz CT molecular complexity index is 695. The third-order valence-corrected chi connectivity index (χ3v) is 3.80. The summed E-state index contributed by atoms with van der Waals surface area (Å²) < 4.78 is 4.92. The highest BCUT2D eigenvalue weighted by Gasteiger charge is 2.33. The Hall–Kier alpha value is -2.67. The van der Waals surface area contributed by atoms with Crippen LogP contribution >= 0.6 is 0 Å². The van der Waals surface area contributed by atoms with Crippen molar-refractivity contribution in [2.75, 3.05) is 6.61 Å². The Morgan fingerprint density at radius 3 is 2.40 bits per heavy atom. The minimum Gasteiger partial charge on any atom is -0.430 e. The number of hydrogen-bond donors (Lipinski definition) is 0. The van der Waals surface area contributed by atoms with Crippen molar-refractivity contribution in [2.24, 2.45) is 0 Å². The SMILES string of the molecule is CC1=CC(=O)N(C(C)COC(=O)OOC(C)(C)c2ccccc2)C1=O. The van der Waals surface area contributed by atoms with Crippen LogP contribution in [0.2, 0.25) is 0 Å². The summed E-state index contributed by atoms with van der Waals surface area (Å²) in [5.41, 5.74) is 0.326. The van der Waals surface area contributed by atoms with E-state index in [2.05, 4.69) is 4.89 Å². The van der Waals surface area contributed by atoms with E-state index in [0.717, 1.165) is 10.5 Å². The molecule has 1 unspecified atom stereocenters. The maximum atomic E-state index is 11.9. The third-order valence-electron chi connectivity index (χ3n) is 3.80. The quantitative estimate of drug-likeness (QED) is 0.341. The van der Waals surface area contributed by atoms with Gasteiger partial charge in [-0.3, -0.25) is 19.4 Å². The first kappa shape index (κ1) is 18.7. The van der Waals surface area contributed by atoms with Crippen molar-refractivity contribution in [3.05, 3.63) is 47.5 Å². The molecule has 1 aromatic carbocycles. The predicted molar refractivity (Wildman–Crippen MR) is 88.1 cm³/mol. The maximum absolute atomic E-state index is 11.9. The van der Waals surface area contributed by atoms with Crippen molar-refractivity contribution in [3.8, 4) is 0 Å². The average Bonchev–Trinajstić information content (AvgIpc) is 2.84. The molecule has 1 atom stereocenters. The van der Waals surface area contributed by atoms with Crippen molar-refractivity contribution in [2.45, 2.75) is 39.3 Å². The molecule has 1 aliphatic rings. The van der Waals surface area contributed by atoms with Gasteiger partial charge in [-0.1, -0.05) is 30.3 Å². The molecule has 0 fully saturated rings. The van der Waals surface area contributed by atoms with Crippen LogP contribution < -0.4 is 0 Å². The maximum Gasteiger partial charge on any atom is 0.540 e. The van der Waals surface area contributed by atoms with Gasteiger partial charge in [0.1, 0.15) is 12.2 Å². The number of amides is 2. The first-order chi connectivity index (χ1) is 11.7. The highest BCUT2D eigenvalue weighted by Crippen LogP contribution is 2.24. The summed E-state index contributed by atoms with van der Waals surface area (Å²) in [5, 5.41) is 0. The van der Waals surface area contributed by atoms with Crippen LogP contribution in [0.25, 0.3) is 0 Å². The Morgan fingerprint density at radius 2 is 1.84 bits per heavy atom. The lowest BCUT2D eigenvalue weighted by molar-refractivity contribution is -0.322. The van der Waals surface area contributed by atoms with E-state index in [9.17, 15) is 14.4 Å². The highest BCUT2D eigenvalue weighted by molar-refractivity contribution is 6.16. The smallest absolute Gasteiger partial charge is 0.430 e. The van der Waals surface area contributed by atoms with Gasteiger partial charge in [0.15, 0.2) is 0 Å². The van der Waals surface area contributed by atoms with Crippen LogP contribution in [0, 0.1) is 0 Å². The van der Waals surface area contributed by atoms with E-state index in [0.29, 0.717) is 5.57 Å². The minimum atomic E-state index is -1.04. The number of carbonyl (C=O) groups excluding carboxylic acids is 3. The van der Waals surface area contributed by atoms with E-state index in [1.54, 1.807) is 27.7 Å². The molecule has 7 nitrogen and oxygen atoms in total. The monoisotopic (exact) mass is 347 g/mol. The molecule has 7 heteroatoms. The number of ether oxygens (including phenoxy) is 1. The van der Waals surface area contributed by atoms with E-state index in [4.69, 9.17) is 9.62 Å². The number of benzene rings is 1. The standard InChI is InChI=1S/C18H21NO6/c1-12-10-15(20)19(16(12)21)13(2)11-23-17(22)24-25-18(3,4)14-8-6-5-7-9-14/h5-10,13H,11H2,1-4H3. The van der Waals surface area contributed by atoms with Gasteiger partial charge in [0.25, 0.3) is 11.8 Å². The lowest BCUT2D eigenvalue weighted by Crippen LogP contribution is -2.42. The molecule has 2 amide bonds. The van der Waals surface area contributed by atoms with E-state index >= 15 is 0 Å². The van der Waals surface area contributed by atoms with E-state index in [-0.39, 0.29) is 6.61 Å². The molecule has 2 rings (SSSR count). The second-order valence-corrected chi connectivity index (χ2v) is 6.29. The third kappa shape index (κ3) is 4.45. The topological polar surface area (TPSA) is 82.1 Å². The van der Waals surface area contributed by atoms with Crippen LogP contribution in [0.4, 0.5) is 4.79 Å². The zero-order valence-corrected chi connectivity index (χ0v) is 14.6. The Morgan fingerprint density at radius 1 is 1.20 bits per heavy atom. The van der Waals surface area contributed by atoms with Gasteiger partial charge in [0.05, 0.1) is 6.04 Å². The average molecular weight is 347 g/mol. The summed E-state index contributed by atoms with van der Waals surface area (Å²) in [6.45, 7) is 6.46. The fourth-order valence-corrected chi connectivity index (χ4v) is 2.34. The van der Waals surface area contributed by atoms with Gasteiger partial charge in [-0.25, -0.2) is 4.79 Å². The highest BCUT2D eigenvalue weighted by atomic mass is 17.2. The Labute approximate surface area is 146 Å². The van der Waals surface area contributed by atoms with Crippen LogP contribution in [-0.2, 0) is 29.7 Å². The van der Waals surface area contributed by atoms with Gasteiger partial charge in [0, 0.05) is 11.6 Å². The summed E-state index contributed by atoms with van der Waals surface area (Å²) >= 11 is 0. The predicted octanol–water partition coefficient (Wildman–Crippen LogP) is 2.71. The molecule has 1 aliphatic heterocycles. The molecule has 1 heterocycles. The molecule has 0 aromatic heterocycles. The number of rotatable bonds is 6. The molecule has 0 saturated carbocycles. The zero-order valence-electron chi connectivity index (χ0n) is 14.6. The van der Waals surface area contributed by atoms with Gasteiger partial charge >= 0.3 is 6.16 Å². The number of imide groups is 1. The van der Waals surface area contributed by atoms with Crippen LogP contribution in [0.15, 0.2) is 42.0 Å². The van der Waals surface area contributed by atoms with Gasteiger partial charge in [-0.15, -0.1) is 0 Å². The molecule has 0 bridgehead atoms. The summed E-state index contributed by atoms with van der Waals surface area (Å²) in [7, 11) is 0. The first-order valence-corrected chi connectivity index (χ1v) is 7.86. The molecule has 25 heavy (non-hydrogen) atoms. The molecular formula is C18H21NO6. The lowest BCUT2D eigenvalue weighted by atomic mass is 9.99. The number of nitrogens with zero attached hydrogens (tertiary/aromatic N) is 1. The Balaban J connectivity index is 1.81. The fourth-order valence-electron chi connectivity index (χ4n) is 2.34. The van der Waals surface area contributed by atoms with Gasteiger partial charge in [0.2, 0.25) is 0 Å². The molecular weight excluding hydrogens is 326 g/mol. The van der Waals surface area contributed by atoms with Crippen LogP contribution in [-0.4, -0.2) is 35.5 Å². The Kier molecular flexibility index (Phi) is 5.58. The van der Waals surface area contributed by atoms with Crippen molar-refractivity contribution in [1.82, 2.24) is 4.90 Å². The van der Waals surface area contributed by atoms with Crippen LogP contribution in [0.1, 0.15) is 33.3 Å². The van der Waals surface area contributed by atoms with Crippen molar-refractivity contribution in [3.63, 3.8) is 0 Å². The van der Waals surface area contributed by atoms with E-state index in [1.165, 1.54) is 6.08 Å². The molecule has 134 valence electrons. The van der Waals surface area contributed by atoms with Gasteiger partial charge < -0.3 is 4.74 Å². The first-order valence-electron chi connectivity index (χ1n) is 7.86. The molecule has 0 spiro atoms. The van der Waals surface area contributed by atoms with E-state index < -0.39 is 29.6 Å². The summed E-state index contributed by atoms with van der Waals surface area (Å²) in [6.07, 6.45) is 0.211. The molecule has 0 radical (unpaired) electrons. The second kappa shape index (κ2) is 7.48. The summed E-state index contributed by atoms with van der Waals surface area (Å²) in [4.78, 5) is 46.2. The summed E-state index contributed by atoms with van der Waals surface area (Å²) in [6, 6.07) is 8.64. The number of hydrogen-bond acceptors (Lipinski definition) is 6. The molecule has 0 aliphatic carbocycles. The largest absolute Gasteiger partial charge is 0.540 e. The molecule has 1 aromatic rings. The normalized spacial score (nSPS) is 15.8. The second-order valence-electron chi connectivity index (χ2n) is 6.29. The summed E-state index contributed by atoms with van der Waals surface area (Å²) in [5.74, 6) is -0.815. The fraction of sp³-hybridized carbons (Fsp3) is 0.389. The zero-order chi connectivity index (χ0) is 18.6. The van der Waals surface area contributed by atoms with Crippen LogP contribution in [0.5, 0.6) is 0 Å². The van der Waals surface area contributed by atoms with Gasteiger partial charge in [-0.05, 0) is 33.3 Å². The van der Waals surface area contributed by atoms with Crippen molar-refractivity contribution < 1.29 is 28.9 Å². The van der Waals surface area contributed by atoms with E-state index in [1.807, 2.05) is 30.3 Å². The molecule has 0 saturated heterocycles. The van der Waals surface area contributed by atoms with Crippen molar-refractivity contribution >= 4 is 18.0 Å². The lowest BCUT2D eigenvalue weighted by Gasteiger charge is -2.24.